The first kappa shape index (κ1) is 16.0. The van der Waals surface area contributed by atoms with Gasteiger partial charge in [0.25, 0.3) is 5.91 Å². The Kier molecular flexibility index (Phi) is 5.05. The Morgan fingerprint density at radius 2 is 2.24 bits per heavy atom. The van der Waals surface area contributed by atoms with Gasteiger partial charge >= 0.3 is 0 Å². The van der Waals surface area contributed by atoms with Crippen LogP contribution in [0.5, 0.6) is 5.75 Å². The van der Waals surface area contributed by atoms with Crippen LogP contribution in [0.15, 0.2) is 18.2 Å². The smallest absolute Gasteiger partial charge is 0.257 e. The highest BCUT2D eigenvalue weighted by atomic mass is 35.5. The van der Waals surface area contributed by atoms with E-state index in [4.69, 9.17) is 16.3 Å². The molecule has 1 amide bonds. The minimum atomic E-state index is -2.94. The summed E-state index contributed by atoms with van der Waals surface area (Å²) in [6.07, 6.45) is 0.563. The molecule has 1 aromatic carbocycles. The van der Waals surface area contributed by atoms with Crippen molar-refractivity contribution < 1.29 is 22.3 Å². The number of nitrogens with one attached hydrogen (secondary N) is 1. The standard InChI is InChI=1S/C13H15ClFNO4S/c14-11-5-10(15)1-2-12(11)20-7-13(17)16-6-9-3-4-21(18,19)8-9/h1-2,5,9H,3-4,6-8H2,(H,16,17)/t9-/m1/s1. The van der Waals surface area contributed by atoms with Crippen LogP contribution in [0.4, 0.5) is 4.39 Å². The van der Waals surface area contributed by atoms with Crippen molar-refractivity contribution in [2.75, 3.05) is 24.7 Å². The number of hydrogen-bond donors (Lipinski definition) is 1. The second-order valence-electron chi connectivity index (χ2n) is 4.94. The Morgan fingerprint density at radius 1 is 1.48 bits per heavy atom. The van der Waals surface area contributed by atoms with Crippen LogP contribution in [0.2, 0.25) is 5.02 Å². The summed E-state index contributed by atoms with van der Waals surface area (Å²) in [6, 6.07) is 3.62. The molecule has 1 heterocycles. The molecule has 0 aliphatic carbocycles. The molecule has 0 unspecified atom stereocenters. The highest BCUT2D eigenvalue weighted by Crippen LogP contribution is 2.24. The first-order chi connectivity index (χ1) is 9.85. The third kappa shape index (κ3) is 4.86. The average molecular weight is 336 g/mol. The number of hydrogen-bond acceptors (Lipinski definition) is 4. The predicted molar refractivity (Wildman–Crippen MR) is 76.7 cm³/mol. The lowest BCUT2D eigenvalue weighted by atomic mass is 10.1. The number of benzene rings is 1. The lowest BCUT2D eigenvalue weighted by molar-refractivity contribution is -0.123. The maximum Gasteiger partial charge on any atom is 0.257 e. The van der Waals surface area contributed by atoms with Crippen molar-refractivity contribution in [2.24, 2.45) is 5.92 Å². The minimum absolute atomic E-state index is 0.0478. The van der Waals surface area contributed by atoms with Crippen molar-refractivity contribution >= 4 is 27.3 Å². The van der Waals surface area contributed by atoms with E-state index < -0.39 is 15.7 Å². The molecule has 21 heavy (non-hydrogen) atoms. The summed E-state index contributed by atoms with van der Waals surface area (Å²) in [4.78, 5) is 11.6. The largest absolute Gasteiger partial charge is 0.482 e. The van der Waals surface area contributed by atoms with Gasteiger partial charge in [-0.2, -0.15) is 0 Å². The molecule has 1 fully saturated rings. The maximum atomic E-state index is 12.8. The van der Waals surface area contributed by atoms with E-state index in [1.165, 1.54) is 12.1 Å². The second kappa shape index (κ2) is 6.62. The second-order valence-corrected chi connectivity index (χ2v) is 7.57. The van der Waals surface area contributed by atoms with E-state index in [2.05, 4.69) is 5.32 Å². The van der Waals surface area contributed by atoms with E-state index in [0.29, 0.717) is 13.0 Å². The fourth-order valence-corrected chi connectivity index (χ4v) is 4.16. The molecule has 1 aromatic rings. The Balaban J connectivity index is 1.75. The van der Waals surface area contributed by atoms with Crippen LogP contribution < -0.4 is 10.1 Å². The Hall–Kier alpha value is -1.34. The van der Waals surface area contributed by atoms with Gasteiger partial charge in [-0.3, -0.25) is 4.79 Å². The highest BCUT2D eigenvalue weighted by molar-refractivity contribution is 7.91. The van der Waals surface area contributed by atoms with Gasteiger partial charge in [-0.15, -0.1) is 0 Å². The number of carbonyl (C=O) groups excluding carboxylic acids is 1. The van der Waals surface area contributed by atoms with Gasteiger partial charge in [0.1, 0.15) is 11.6 Å². The number of amides is 1. The van der Waals surface area contributed by atoms with Gasteiger partial charge in [-0.05, 0) is 30.5 Å². The molecular formula is C13H15ClFNO4S. The quantitative estimate of drug-likeness (QED) is 0.883. The molecule has 1 saturated heterocycles. The predicted octanol–water partition coefficient (Wildman–Crippen LogP) is 1.41. The summed E-state index contributed by atoms with van der Waals surface area (Å²) in [7, 11) is -2.94. The monoisotopic (exact) mass is 335 g/mol. The molecule has 0 bridgehead atoms. The molecule has 0 radical (unpaired) electrons. The molecule has 1 atom stereocenters. The van der Waals surface area contributed by atoms with Crippen LogP contribution in [0.1, 0.15) is 6.42 Å². The van der Waals surface area contributed by atoms with E-state index in [9.17, 15) is 17.6 Å². The van der Waals surface area contributed by atoms with Gasteiger partial charge in [0.05, 0.1) is 16.5 Å². The van der Waals surface area contributed by atoms with Gasteiger partial charge < -0.3 is 10.1 Å². The fraction of sp³-hybridized carbons (Fsp3) is 0.462. The van der Waals surface area contributed by atoms with Crippen molar-refractivity contribution in [3.63, 3.8) is 0 Å². The van der Waals surface area contributed by atoms with E-state index in [1.807, 2.05) is 0 Å². The van der Waals surface area contributed by atoms with Crippen molar-refractivity contribution in [2.45, 2.75) is 6.42 Å². The molecule has 1 N–H and O–H groups in total. The topological polar surface area (TPSA) is 72.5 Å². The molecule has 116 valence electrons. The third-order valence-electron chi connectivity index (χ3n) is 3.17. The summed E-state index contributed by atoms with van der Waals surface area (Å²) in [5.74, 6) is -0.406. The molecule has 2 rings (SSSR count). The molecule has 0 spiro atoms. The molecule has 8 heteroatoms. The van der Waals surface area contributed by atoms with Crippen molar-refractivity contribution in [3.05, 3.63) is 29.0 Å². The number of sulfone groups is 1. The zero-order valence-corrected chi connectivity index (χ0v) is 12.7. The lowest BCUT2D eigenvalue weighted by Gasteiger charge is -2.11. The molecule has 1 aliphatic heterocycles. The Labute approximate surface area is 127 Å². The van der Waals surface area contributed by atoms with Gasteiger partial charge in [0, 0.05) is 6.54 Å². The van der Waals surface area contributed by atoms with Crippen LogP contribution in [-0.2, 0) is 14.6 Å². The molecule has 0 saturated carbocycles. The van der Waals surface area contributed by atoms with Crippen LogP contribution in [0, 0.1) is 11.7 Å². The Bertz CT molecular complexity index is 635. The summed E-state index contributed by atoms with van der Waals surface area (Å²) >= 11 is 5.76. The van der Waals surface area contributed by atoms with E-state index >= 15 is 0 Å². The van der Waals surface area contributed by atoms with Crippen LogP contribution in [0.25, 0.3) is 0 Å². The van der Waals surface area contributed by atoms with E-state index in [1.54, 1.807) is 0 Å². The molecule has 5 nitrogen and oxygen atoms in total. The average Bonchev–Trinajstić information content (AvgIpc) is 2.75. The number of carbonyl (C=O) groups is 1. The normalized spacial score (nSPS) is 20.2. The summed E-state index contributed by atoms with van der Waals surface area (Å²) in [5, 5.41) is 2.71. The van der Waals surface area contributed by atoms with Gasteiger partial charge in [0.2, 0.25) is 0 Å². The maximum absolute atomic E-state index is 12.8. The van der Waals surface area contributed by atoms with Crippen LogP contribution in [0.3, 0.4) is 0 Å². The van der Waals surface area contributed by atoms with Gasteiger partial charge in [0.15, 0.2) is 16.4 Å². The summed E-state index contributed by atoms with van der Waals surface area (Å²) < 4.78 is 40.6. The zero-order chi connectivity index (χ0) is 15.5. The number of halogens is 2. The Morgan fingerprint density at radius 3 is 2.86 bits per heavy atom. The number of rotatable bonds is 5. The molecule has 0 aromatic heterocycles. The van der Waals surface area contributed by atoms with E-state index in [-0.39, 0.29) is 40.7 Å². The van der Waals surface area contributed by atoms with Gasteiger partial charge in [-0.25, -0.2) is 12.8 Å². The summed E-state index contributed by atoms with van der Waals surface area (Å²) in [5.41, 5.74) is 0. The fourth-order valence-electron chi connectivity index (χ4n) is 2.08. The van der Waals surface area contributed by atoms with Crippen molar-refractivity contribution in [1.29, 1.82) is 0 Å². The highest BCUT2D eigenvalue weighted by Gasteiger charge is 2.27. The van der Waals surface area contributed by atoms with Crippen LogP contribution >= 0.6 is 11.6 Å². The molecular weight excluding hydrogens is 321 g/mol. The zero-order valence-electron chi connectivity index (χ0n) is 11.1. The van der Waals surface area contributed by atoms with Crippen molar-refractivity contribution in [1.82, 2.24) is 5.32 Å². The van der Waals surface area contributed by atoms with Crippen molar-refractivity contribution in [3.8, 4) is 5.75 Å². The minimum Gasteiger partial charge on any atom is -0.482 e. The first-order valence-electron chi connectivity index (χ1n) is 6.41. The molecule has 1 aliphatic rings. The SMILES string of the molecule is O=C(COc1ccc(F)cc1Cl)NC[C@H]1CCS(=O)(=O)C1. The van der Waals surface area contributed by atoms with Gasteiger partial charge in [-0.1, -0.05) is 11.6 Å². The summed E-state index contributed by atoms with van der Waals surface area (Å²) in [6.45, 7) is 0.0450. The number of ether oxygens (including phenoxy) is 1. The first-order valence-corrected chi connectivity index (χ1v) is 8.60. The van der Waals surface area contributed by atoms with Crippen LogP contribution in [-0.4, -0.2) is 39.0 Å². The lowest BCUT2D eigenvalue weighted by Crippen LogP contribution is -2.33. The van der Waals surface area contributed by atoms with E-state index in [0.717, 1.165) is 6.07 Å². The third-order valence-corrected chi connectivity index (χ3v) is 5.30.